The van der Waals surface area contributed by atoms with E-state index in [2.05, 4.69) is 20.9 Å². The Morgan fingerprint density at radius 2 is 1.68 bits per heavy atom. The van der Waals surface area contributed by atoms with E-state index >= 15 is 0 Å². The molecule has 0 radical (unpaired) electrons. The molecular formula is C17H11BrF3N. The number of hydrogen-bond donors (Lipinski definition) is 0. The number of benzene rings is 2. The number of fused-ring (bicyclic) bond motifs is 1. The lowest BCUT2D eigenvalue weighted by atomic mass is 10.0. The van der Waals surface area contributed by atoms with E-state index in [9.17, 15) is 13.2 Å². The Labute approximate surface area is 133 Å². The van der Waals surface area contributed by atoms with Gasteiger partial charge in [0.2, 0.25) is 0 Å². The maximum absolute atomic E-state index is 12.8. The zero-order chi connectivity index (χ0) is 15.7. The van der Waals surface area contributed by atoms with Gasteiger partial charge in [0.15, 0.2) is 0 Å². The van der Waals surface area contributed by atoms with Crippen molar-refractivity contribution in [3.63, 3.8) is 0 Å². The zero-order valence-electron chi connectivity index (χ0n) is 11.4. The Balaban J connectivity index is 2.03. The summed E-state index contributed by atoms with van der Waals surface area (Å²) in [6.07, 6.45) is -2.28. The smallest absolute Gasteiger partial charge is 0.259 e. The van der Waals surface area contributed by atoms with Crippen LogP contribution < -0.4 is 0 Å². The summed E-state index contributed by atoms with van der Waals surface area (Å²) in [7, 11) is 0. The van der Waals surface area contributed by atoms with E-state index in [1.54, 1.807) is 12.3 Å². The second-order valence-corrected chi connectivity index (χ2v) is 5.83. The Hall–Kier alpha value is -1.88. The van der Waals surface area contributed by atoms with Crippen molar-refractivity contribution in [3.8, 4) is 0 Å². The summed E-state index contributed by atoms with van der Waals surface area (Å²) in [5.74, 6) is 0. The van der Waals surface area contributed by atoms with Crippen LogP contribution in [-0.2, 0) is 12.6 Å². The number of nitrogens with zero attached hydrogens (tertiary/aromatic N) is 1. The third-order valence-corrected chi connectivity index (χ3v) is 4.09. The highest BCUT2D eigenvalue weighted by atomic mass is 79.9. The average molecular weight is 366 g/mol. The predicted octanol–water partition coefficient (Wildman–Crippen LogP) is 5.61. The third kappa shape index (κ3) is 2.99. The number of aromatic nitrogens is 1. The molecule has 0 atom stereocenters. The van der Waals surface area contributed by atoms with Crippen LogP contribution in [0.25, 0.3) is 10.8 Å². The maximum Gasteiger partial charge on any atom is 0.416 e. The van der Waals surface area contributed by atoms with Crippen LogP contribution in [0.4, 0.5) is 13.2 Å². The zero-order valence-corrected chi connectivity index (χ0v) is 12.9. The van der Waals surface area contributed by atoms with Gasteiger partial charge in [0, 0.05) is 22.5 Å². The Morgan fingerprint density at radius 1 is 0.955 bits per heavy atom. The van der Waals surface area contributed by atoms with Crippen molar-refractivity contribution in [1.82, 2.24) is 4.98 Å². The van der Waals surface area contributed by atoms with Crippen LogP contribution in [0.5, 0.6) is 0 Å². The third-order valence-electron chi connectivity index (χ3n) is 3.45. The summed E-state index contributed by atoms with van der Waals surface area (Å²) >= 11 is 3.44. The molecule has 0 aliphatic heterocycles. The monoisotopic (exact) mass is 365 g/mol. The number of rotatable bonds is 2. The van der Waals surface area contributed by atoms with Gasteiger partial charge in [0.05, 0.1) is 11.3 Å². The number of pyridine rings is 1. The number of halogens is 4. The molecule has 0 saturated carbocycles. The van der Waals surface area contributed by atoms with Crippen molar-refractivity contribution >= 4 is 26.7 Å². The first-order valence-electron chi connectivity index (χ1n) is 6.63. The molecule has 0 aliphatic carbocycles. The molecule has 1 heterocycles. The van der Waals surface area contributed by atoms with Crippen LogP contribution in [0.2, 0.25) is 0 Å². The molecule has 0 bridgehead atoms. The molecule has 1 nitrogen and oxygen atoms in total. The lowest BCUT2D eigenvalue weighted by Gasteiger charge is -2.10. The predicted molar refractivity (Wildman–Crippen MR) is 83.7 cm³/mol. The first-order valence-corrected chi connectivity index (χ1v) is 7.43. The summed E-state index contributed by atoms with van der Waals surface area (Å²) < 4.78 is 39.2. The molecule has 0 aliphatic rings. The minimum atomic E-state index is -4.33. The summed E-state index contributed by atoms with van der Waals surface area (Å²) in [5, 5.41) is 1.94. The van der Waals surface area contributed by atoms with Crippen LogP contribution in [0, 0.1) is 0 Å². The molecule has 3 rings (SSSR count). The second-order valence-electron chi connectivity index (χ2n) is 4.97. The minimum Gasteiger partial charge on any atom is -0.259 e. The molecule has 0 saturated heterocycles. The van der Waals surface area contributed by atoms with Gasteiger partial charge in [-0.25, -0.2) is 0 Å². The normalized spacial score (nSPS) is 11.8. The minimum absolute atomic E-state index is 0.359. The maximum atomic E-state index is 12.8. The number of hydrogen-bond acceptors (Lipinski definition) is 1. The first-order chi connectivity index (χ1) is 10.4. The van der Waals surface area contributed by atoms with E-state index in [4.69, 9.17) is 0 Å². The summed E-state index contributed by atoms with van der Waals surface area (Å²) in [5.41, 5.74) is 0.722. The quantitative estimate of drug-likeness (QED) is 0.575. The van der Waals surface area contributed by atoms with Crippen molar-refractivity contribution in [2.24, 2.45) is 0 Å². The van der Waals surface area contributed by atoms with Crippen molar-refractivity contribution in [1.29, 1.82) is 0 Å². The van der Waals surface area contributed by atoms with Gasteiger partial charge in [0.25, 0.3) is 0 Å². The van der Waals surface area contributed by atoms with Gasteiger partial charge in [-0.2, -0.15) is 13.2 Å². The van der Waals surface area contributed by atoms with Gasteiger partial charge in [-0.15, -0.1) is 0 Å². The van der Waals surface area contributed by atoms with Crippen LogP contribution in [-0.4, -0.2) is 4.98 Å². The Kier molecular flexibility index (Phi) is 3.91. The van der Waals surface area contributed by atoms with E-state index in [1.807, 2.05) is 24.3 Å². The van der Waals surface area contributed by atoms with Crippen LogP contribution in [0.1, 0.15) is 16.8 Å². The molecule has 0 fully saturated rings. The van der Waals surface area contributed by atoms with Crippen LogP contribution in [0.3, 0.4) is 0 Å². The fraction of sp³-hybridized carbons (Fsp3) is 0.118. The lowest BCUT2D eigenvalue weighted by molar-refractivity contribution is -0.137. The van der Waals surface area contributed by atoms with E-state index in [-0.39, 0.29) is 0 Å². The molecule has 22 heavy (non-hydrogen) atoms. The molecular weight excluding hydrogens is 355 g/mol. The SMILES string of the molecule is FC(F)(F)c1cccc(Cc2ncc(Br)c3ccccc23)c1. The fourth-order valence-electron chi connectivity index (χ4n) is 2.41. The average Bonchev–Trinajstić information content (AvgIpc) is 2.50. The van der Waals surface area contributed by atoms with Crippen molar-refractivity contribution in [2.75, 3.05) is 0 Å². The van der Waals surface area contributed by atoms with Gasteiger partial charge in [-0.1, -0.05) is 42.5 Å². The molecule has 5 heteroatoms. The first kappa shape index (κ1) is 15.0. The fourth-order valence-corrected chi connectivity index (χ4v) is 2.86. The largest absolute Gasteiger partial charge is 0.416 e. The van der Waals surface area contributed by atoms with Gasteiger partial charge in [0.1, 0.15) is 0 Å². The topological polar surface area (TPSA) is 12.9 Å². The van der Waals surface area contributed by atoms with Crippen molar-refractivity contribution in [3.05, 3.63) is 76.0 Å². The Bertz CT molecular complexity index is 827. The summed E-state index contributed by atoms with van der Waals surface area (Å²) in [6, 6.07) is 13.1. The lowest BCUT2D eigenvalue weighted by Crippen LogP contribution is -2.05. The van der Waals surface area contributed by atoms with Gasteiger partial charge >= 0.3 is 6.18 Å². The molecule has 112 valence electrons. The molecule has 0 N–H and O–H groups in total. The van der Waals surface area contributed by atoms with Gasteiger partial charge in [-0.05, 0) is 32.9 Å². The highest BCUT2D eigenvalue weighted by Crippen LogP contribution is 2.31. The van der Waals surface area contributed by atoms with Gasteiger partial charge < -0.3 is 0 Å². The highest BCUT2D eigenvalue weighted by Gasteiger charge is 2.30. The van der Waals surface area contributed by atoms with Gasteiger partial charge in [-0.3, -0.25) is 4.98 Å². The molecule has 0 amide bonds. The number of alkyl halides is 3. The Morgan fingerprint density at radius 3 is 2.41 bits per heavy atom. The molecule has 2 aromatic carbocycles. The van der Waals surface area contributed by atoms with Crippen LogP contribution in [0.15, 0.2) is 59.2 Å². The molecule has 3 aromatic rings. The van der Waals surface area contributed by atoms with E-state index in [0.29, 0.717) is 12.0 Å². The van der Waals surface area contributed by atoms with E-state index < -0.39 is 11.7 Å². The summed E-state index contributed by atoms with van der Waals surface area (Å²) in [6.45, 7) is 0. The molecule has 1 aromatic heterocycles. The molecule has 0 unspecified atom stereocenters. The molecule has 0 spiro atoms. The standard InChI is InChI=1S/C17H11BrF3N/c18-15-10-22-16(14-7-2-1-6-13(14)15)9-11-4-3-5-12(8-11)17(19,20)21/h1-8,10H,9H2. The summed E-state index contributed by atoms with van der Waals surface area (Å²) in [4.78, 5) is 4.37. The van der Waals surface area contributed by atoms with E-state index in [1.165, 1.54) is 12.1 Å². The van der Waals surface area contributed by atoms with Crippen molar-refractivity contribution in [2.45, 2.75) is 12.6 Å². The van der Waals surface area contributed by atoms with Crippen molar-refractivity contribution < 1.29 is 13.2 Å². The van der Waals surface area contributed by atoms with E-state index in [0.717, 1.165) is 27.0 Å². The second kappa shape index (κ2) is 5.72. The van der Waals surface area contributed by atoms with Crippen LogP contribution >= 0.6 is 15.9 Å². The highest BCUT2D eigenvalue weighted by molar-refractivity contribution is 9.10.